The quantitative estimate of drug-likeness (QED) is 0.754. The van der Waals surface area contributed by atoms with Crippen molar-refractivity contribution < 1.29 is 8.42 Å². The van der Waals surface area contributed by atoms with Gasteiger partial charge >= 0.3 is 0 Å². The van der Waals surface area contributed by atoms with Gasteiger partial charge in [-0.15, -0.1) is 5.10 Å². The minimum atomic E-state index is -3.37. The maximum absolute atomic E-state index is 13.0. The lowest BCUT2D eigenvalue weighted by Gasteiger charge is -2.44. The molecule has 3 heterocycles. The highest BCUT2D eigenvalue weighted by Gasteiger charge is 2.46. The molecular formula is C16H26N6O2S. The van der Waals surface area contributed by atoms with Crippen molar-refractivity contribution in [3.8, 4) is 0 Å². The molecule has 0 amide bonds. The van der Waals surface area contributed by atoms with Crippen LogP contribution in [0.5, 0.6) is 0 Å². The molecule has 1 aromatic rings. The maximum atomic E-state index is 13.0. The zero-order chi connectivity index (χ0) is 17.8. The van der Waals surface area contributed by atoms with Crippen LogP contribution < -0.4 is 15.8 Å². The lowest BCUT2D eigenvalue weighted by Crippen LogP contribution is -2.62. The molecule has 2 fully saturated rings. The average Bonchev–Trinajstić information content (AvgIpc) is 3.11. The Balaban J connectivity index is 1.43. The summed E-state index contributed by atoms with van der Waals surface area (Å²) in [5.74, 6) is 0.869. The van der Waals surface area contributed by atoms with Gasteiger partial charge in [-0.2, -0.15) is 9.40 Å². The monoisotopic (exact) mass is 366 g/mol. The average molecular weight is 366 g/mol. The van der Waals surface area contributed by atoms with Crippen molar-refractivity contribution in [3.63, 3.8) is 0 Å². The second kappa shape index (κ2) is 6.15. The largest absolute Gasteiger partial charge is 0.352 e. The van der Waals surface area contributed by atoms with Crippen molar-refractivity contribution in [1.82, 2.24) is 25.4 Å². The molecule has 2 unspecified atom stereocenters. The van der Waals surface area contributed by atoms with Crippen LogP contribution in [0.3, 0.4) is 0 Å². The first-order valence-electron chi connectivity index (χ1n) is 8.96. The van der Waals surface area contributed by atoms with E-state index in [1.165, 1.54) is 5.56 Å². The lowest BCUT2D eigenvalue weighted by atomic mass is 10.1. The highest BCUT2D eigenvalue weighted by Crippen LogP contribution is 2.28. The SMILES string of the molecule is CC1NNC(C)C1S(=O)(=O)N(C)C1CN(c2cc3c(nn2)CCC3)C1. The Labute approximate surface area is 149 Å². The van der Waals surface area contributed by atoms with Crippen LogP contribution in [0.25, 0.3) is 0 Å². The third-order valence-corrected chi connectivity index (χ3v) is 8.38. The van der Waals surface area contributed by atoms with Gasteiger partial charge in [-0.05, 0) is 44.7 Å². The Hall–Kier alpha value is -1.29. The molecule has 4 rings (SSSR count). The summed E-state index contributed by atoms with van der Waals surface area (Å²) in [5, 5.41) is 8.19. The van der Waals surface area contributed by atoms with Crippen molar-refractivity contribution in [2.75, 3.05) is 25.0 Å². The Morgan fingerprint density at radius 3 is 2.52 bits per heavy atom. The van der Waals surface area contributed by atoms with Crippen LogP contribution in [0.1, 0.15) is 31.5 Å². The summed E-state index contributed by atoms with van der Waals surface area (Å²) in [4.78, 5) is 2.11. The normalized spacial score (nSPS) is 29.9. The Bertz CT molecular complexity index is 754. The molecule has 2 aliphatic heterocycles. The number of fused-ring (bicyclic) bond motifs is 1. The molecule has 0 saturated carbocycles. The third-order valence-electron chi connectivity index (χ3n) is 5.78. The topological polar surface area (TPSA) is 90.5 Å². The van der Waals surface area contributed by atoms with Gasteiger partial charge in [-0.25, -0.2) is 8.42 Å². The van der Waals surface area contributed by atoms with Crippen LogP contribution in [0, 0.1) is 0 Å². The van der Waals surface area contributed by atoms with Crippen LogP contribution in [0.4, 0.5) is 5.82 Å². The molecule has 138 valence electrons. The van der Waals surface area contributed by atoms with E-state index < -0.39 is 15.3 Å². The second-order valence-corrected chi connectivity index (χ2v) is 9.63. The minimum Gasteiger partial charge on any atom is -0.352 e. The fraction of sp³-hybridized carbons (Fsp3) is 0.750. The van der Waals surface area contributed by atoms with Gasteiger partial charge in [0.25, 0.3) is 0 Å². The van der Waals surface area contributed by atoms with Gasteiger partial charge in [0.15, 0.2) is 5.82 Å². The number of aromatic nitrogens is 2. The molecule has 3 aliphatic rings. The molecule has 0 aromatic carbocycles. The molecule has 25 heavy (non-hydrogen) atoms. The van der Waals surface area contributed by atoms with E-state index in [0.717, 1.165) is 30.8 Å². The van der Waals surface area contributed by atoms with Crippen LogP contribution in [-0.4, -0.2) is 66.4 Å². The fourth-order valence-electron chi connectivity index (χ4n) is 4.12. The van der Waals surface area contributed by atoms with Gasteiger partial charge < -0.3 is 4.90 Å². The smallest absolute Gasteiger partial charge is 0.220 e. The lowest BCUT2D eigenvalue weighted by molar-refractivity contribution is 0.304. The Morgan fingerprint density at radius 1 is 1.16 bits per heavy atom. The minimum absolute atomic E-state index is 0.0138. The van der Waals surface area contributed by atoms with Crippen molar-refractivity contribution in [3.05, 3.63) is 17.3 Å². The van der Waals surface area contributed by atoms with Gasteiger partial charge in [0.1, 0.15) is 5.25 Å². The summed E-state index contributed by atoms with van der Waals surface area (Å²) in [6.45, 7) is 5.14. The van der Waals surface area contributed by atoms with Crippen LogP contribution in [0.2, 0.25) is 0 Å². The fourth-order valence-corrected chi connectivity index (χ4v) is 6.22. The Morgan fingerprint density at radius 2 is 1.84 bits per heavy atom. The third kappa shape index (κ3) is 2.83. The number of hydrazine groups is 1. The molecule has 0 bridgehead atoms. The number of sulfonamides is 1. The molecule has 0 spiro atoms. The molecule has 2 N–H and O–H groups in total. The first-order chi connectivity index (χ1) is 11.9. The molecule has 8 nitrogen and oxygen atoms in total. The summed E-state index contributed by atoms with van der Waals surface area (Å²) >= 11 is 0. The van der Waals surface area contributed by atoms with Gasteiger partial charge in [-0.3, -0.25) is 10.9 Å². The zero-order valence-electron chi connectivity index (χ0n) is 14.9. The van der Waals surface area contributed by atoms with Crippen LogP contribution in [-0.2, 0) is 22.9 Å². The van der Waals surface area contributed by atoms with Crippen LogP contribution in [0.15, 0.2) is 6.07 Å². The van der Waals surface area contributed by atoms with E-state index in [0.29, 0.717) is 13.1 Å². The first-order valence-corrected chi connectivity index (χ1v) is 10.5. The van der Waals surface area contributed by atoms with Gasteiger partial charge in [0, 0.05) is 32.2 Å². The van der Waals surface area contributed by atoms with E-state index in [9.17, 15) is 8.42 Å². The molecule has 1 aliphatic carbocycles. The van der Waals surface area contributed by atoms with Gasteiger partial charge in [0.05, 0.1) is 11.7 Å². The van der Waals surface area contributed by atoms with E-state index in [1.807, 2.05) is 13.8 Å². The summed E-state index contributed by atoms with van der Waals surface area (Å²) in [5.41, 5.74) is 8.47. The van der Waals surface area contributed by atoms with E-state index in [-0.39, 0.29) is 18.1 Å². The maximum Gasteiger partial charge on any atom is 0.220 e. The number of rotatable bonds is 4. The van der Waals surface area contributed by atoms with Crippen LogP contribution >= 0.6 is 0 Å². The summed E-state index contributed by atoms with van der Waals surface area (Å²) in [7, 11) is -1.67. The van der Waals surface area contributed by atoms with E-state index >= 15 is 0 Å². The highest BCUT2D eigenvalue weighted by molar-refractivity contribution is 7.89. The molecule has 2 atom stereocenters. The predicted molar refractivity (Wildman–Crippen MR) is 95.7 cm³/mol. The molecular weight excluding hydrogens is 340 g/mol. The number of aryl methyl sites for hydroxylation is 2. The number of hydrogen-bond acceptors (Lipinski definition) is 7. The second-order valence-electron chi connectivity index (χ2n) is 7.48. The van der Waals surface area contributed by atoms with Crippen molar-refractivity contribution in [2.45, 2.75) is 56.5 Å². The van der Waals surface area contributed by atoms with Crippen molar-refractivity contribution >= 4 is 15.8 Å². The molecule has 2 saturated heterocycles. The molecule has 1 aromatic heterocycles. The van der Waals surface area contributed by atoms with E-state index in [2.05, 4.69) is 32.0 Å². The van der Waals surface area contributed by atoms with Gasteiger partial charge in [0.2, 0.25) is 10.0 Å². The highest BCUT2D eigenvalue weighted by atomic mass is 32.2. The van der Waals surface area contributed by atoms with Crippen molar-refractivity contribution in [1.29, 1.82) is 0 Å². The standard InChI is InChI=1S/C16H26N6O2S/c1-10-16(11(2)18-17-10)25(23,24)21(3)13-8-22(9-13)15-7-12-5-4-6-14(12)19-20-15/h7,10-11,13,16-18H,4-6,8-9H2,1-3H3. The van der Waals surface area contributed by atoms with Crippen molar-refractivity contribution in [2.24, 2.45) is 0 Å². The molecule has 0 radical (unpaired) electrons. The molecule has 9 heteroatoms. The van der Waals surface area contributed by atoms with E-state index in [4.69, 9.17) is 0 Å². The summed E-state index contributed by atoms with van der Waals surface area (Å²) in [6.07, 6.45) is 3.24. The number of anilines is 1. The van der Waals surface area contributed by atoms with E-state index in [1.54, 1.807) is 11.4 Å². The first kappa shape index (κ1) is 17.1. The number of nitrogens with one attached hydrogen (secondary N) is 2. The number of likely N-dealkylation sites (N-methyl/N-ethyl adjacent to an activating group) is 1. The predicted octanol–water partition coefficient (Wildman–Crippen LogP) is -0.331. The summed E-state index contributed by atoms with van der Waals surface area (Å²) in [6, 6.07) is 1.89. The number of nitrogens with zero attached hydrogens (tertiary/aromatic N) is 4. The number of hydrogen-bond donors (Lipinski definition) is 2. The zero-order valence-corrected chi connectivity index (χ0v) is 15.8. The summed E-state index contributed by atoms with van der Waals surface area (Å²) < 4.78 is 27.5. The Kier molecular flexibility index (Phi) is 4.22. The van der Waals surface area contributed by atoms with Gasteiger partial charge in [-0.1, -0.05) is 0 Å².